The van der Waals surface area contributed by atoms with Crippen LogP contribution in [0.4, 0.5) is 0 Å². The third-order valence-corrected chi connectivity index (χ3v) is 4.08. The van der Waals surface area contributed by atoms with Crippen LogP contribution in [0.25, 0.3) is 0 Å². The van der Waals surface area contributed by atoms with Crippen molar-refractivity contribution in [1.29, 1.82) is 0 Å². The van der Waals surface area contributed by atoms with Crippen LogP contribution in [0.1, 0.15) is 64.7 Å². The van der Waals surface area contributed by atoms with Gasteiger partial charge < -0.3 is 0 Å². The molecule has 0 saturated heterocycles. The van der Waals surface area contributed by atoms with E-state index >= 15 is 0 Å². The van der Waals surface area contributed by atoms with Gasteiger partial charge in [0.15, 0.2) is 0 Å². The van der Waals surface area contributed by atoms with E-state index in [2.05, 4.69) is 12.4 Å². The van der Waals surface area contributed by atoms with Gasteiger partial charge in [-0.1, -0.05) is 32.1 Å². The summed E-state index contributed by atoms with van der Waals surface area (Å²) in [4.78, 5) is 5.77. The van der Waals surface area contributed by atoms with Crippen molar-refractivity contribution >= 4 is 0 Å². The summed E-state index contributed by atoms with van der Waals surface area (Å²) in [5, 5.41) is 0. The Morgan fingerprint density at radius 1 is 0.933 bits per heavy atom. The molecule has 1 atom stereocenters. The molecule has 2 heteroatoms. The normalized spacial score (nSPS) is 27.0. The van der Waals surface area contributed by atoms with Crippen LogP contribution in [-0.4, -0.2) is 12.1 Å². The Bertz CT molecular complexity index is 171. The summed E-state index contributed by atoms with van der Waals surface area (Å²) in [6.07, 6.45) is 12.8. The minimum absolute atomic E-state index is 0.496. The number of hydroxylamine groups is 1. The van der Waals surface area contributed by atoms with Crippen LogP contribution in [0.3, 0.4) is 0 Å². The maximum Gasteiger partial charge on any atom is 0.0790 e. The van der Waals surface area contributed by atoms with E-state index in [0.717, 1.165) is 5.92 Å². The first kappa shape index (κ1) is 11.4. The number of hydrogen-bond acceptors (Lipinski definition) is 2. The second kappa shape index (κ2) is 5.86. The topological polar surface area (TPSA) is 21.3 Å². The fraction of sp³-hybridized carbons (Fsp3) is 1.00. The van der Waals surface area contributed by atoms with Crippen molar-refractivity contribution in [3.8, 4) is 0 Å². The van der Waals surface area contributed by atoms with Crippen LogP contribution in [0, 0.1) is 5.92 Å². The molecule has 2 saturated carbocycles. The van der Waals surface area contributed by atoms with Crippen molar-refractivity contribution < 1.29 is 4.84 Å². The van der Waals surface area contributed by atoms with Gasteiger partial charge in [0.25, 0.3) is 0 Å². The highest BCUT2D eigenvalue weighted by atomic mass is 16.7. The largest absolute Gasteiger partial charge is 0.298 e. The Kier molecular flexibility index (Phi) is 4.45. The van der Waals surface area contributed by atoms with Crippen molar-refractivity contribution in [1.82, 2.24) is 5.48 Å². The summed E-state index contributed by atoms with van der Waals surface area (Å²) in [6, 6.07) is 0.547. The zero-order chi connectivity index (χ0) is 10.5. The minimum Gasteiger partial charge on any atom is -0.298 e. The van der Waals surface area contributed by atoms with E-state index in [1.54, 1.807) is 0 Å². The van der Waals surface area contributed by atoms with Gasteiger partial charge in [0.2, 0.25) is 0 Å². The predicted molar refractivity (Wildman–Crippen MR) is 62.5 cm³/mol. The summed E-state index contributed by atoms with van der Waals surface area (Å²) in [5.74, 6) is 0.847. The first-order valence-electron chi connectivity index (χ1n) is 6.77. The van der Waals surface area contributed by atoms with Crippen LogP contribution in [-0.2, 0) is 4.84 Å². The molecular weight excluding hydrogens is 186 g/mol. The third kappa shape index (κ3) is 3.46. The zero-order valence-corrected chi connectivity index (χ0v) is 10.0. The van der Waals surface area contributed by atoms with Crippen molar-refractivity contribution in [2.45, 2.75) is 76.9 Å². The third-order valence-electron chi connectivity index (χ3n) is 4.08. The van der Waals surface area contributed by atoms with E-state index in [4.69, 9.17) is 4.84 Å². The van der Waals surface area contributed by atoms with Crippen LogP contribution < -0.4 is 5.48 Å². The first-order valence-corrected chi connectivity index (χ1v) is 6.77. The standard InChI is InChI=1S/C13H25NO/c1-11(12-7-3-2-4-8-12)14-15-13-9-5-6-10-13/h11-14H,2-10H2,1H3. The lowest BCUT2D eigenvalue weighted by atomic mass is 9.85. The van der Waals surface area contributed by atoms with Crippen molar-refractivity contribution in [2.24, 2.45) is 5.92 Å². The summed E-state index contributed by atoms with van der Waals surface area (Å²) in [7, 11) is 0. The Morgan fingerprint density at radius 2 is 1.53 bits per heavy atom. The molecule has 1 N–H and O–H groups in total. The smallest absolute Gasteiger partial charge is 0.0790 e. The van der Waals surface area contributed by atoms with Gasteiger partial charge in [-0.2, -0.15) is 5.48 Å². The molecule has 0 amide bonds. The quantitative estimate of drug-likeness (QED) is 0.719. The lowest BCUT2D eigenvalue weighted by Crippen LogP contribution is -2.36. The van der Waals surface area contributed by atoms with Crippen LogP contribution in [0.5, 0.6) is 0 Å². The predicted octanol–water partition coefficient (Wildman–Crippen LogP) is 3.42. The van der Waals surface area contributed by atoms with Gasteiger partial charge in [-0.25, -0.2) is 0 Å². The summed E-state index contributed by atoms with van der Waals surface area (Å²) >= 11 is 0. The second-order valence-electron chi connectivity index (χ2n) is 5.33. The monoisotopic (exact) mass is 211 g/mol. The lowest BCUT2D eigenvalue weighted by molar-refractivity contribution is -0.0498. The molecule has 2 rings (SSSR count). The molecule has 0 aromatic carbocycles. The number of rotatable bonds is 4. The SMILES string of the molecule is CC(NOC1CCCC1)C1CCCCC1. The van der Waals surface area contributed by atoms with Crippen molar-refractivity contribution in [3.05, 3.63) is 0 Å². The zero-order valence-electron chi connectivity index (χ0n) is 10.0. The number of nitrogens with one attached hydrogen (secondary N) is 1. The summed E-state index contributed by atoms with van der Waals surface area (Å²) in [5.41, 5.74) is 3.29. The summed E-state index contributed by atoms with van der Waals surface area (Å²) in [6.45, 7) is 2.28. The van der Waals surface area contributed by atoms with Crippen LogP contribution in [0.15, 0.2) is 0 Å². The fourth-order valence-corrected chi connectivity index (χ4v) is 2.94. The minimum atomic E-state index is 0.496. The maximum absolute atomic E-state index is 5.77. The van der Waals surface area contributed by atoms with E-state index in [1.807, 2.05) is 0 Å². The molecule has 88 valence electrons. The van der Waals surface area contributed by atoms with Crippen LogP contribution in [0.2, 0.25) is 0 Å². The first-order chi connectivity index (χ1) is 7.36. The molecule has 2 aliphatic carbocycles. The van der Waals surface area contributed by atoms with Gasteiger partial charge in [-0.15, -0.1) is 0 Å². The molecule has 0 spiro atoms. The molecule has 0 radical (unpaired) electrons. The molecule has 15 heavy (non-hydrogen) atoms. The molecule has 2 fully saturated rings. The second-order valence-corrected chi connectivity index (χ2v) is 5.33. The fourth-order valence-electron chi connectivity index (χ4n) is 2.94. The number of hydrogen-bond donors (Lipinski definition) is 1. The molecule has 0 aromatic rings. The highest BCUT2D eigenvalue weighted by Gasteiger charge is 2.22. The van der Waals surface area contributed by atoms with E-state index in [9.17, 15) is 0 Å². The van der Waals surface area contributed by atoms with Gasteiger partial charge in [0, 0.05) is 6.04 Å². The van der Waals surface area contributed by atoms with Gasteiger partial charge in [0.05, 0.1) is 6.10 Å². The van der Waals surface area contributed by atoms with E-state index < -0.39 is 0 Å². The van der Waals surface area contributed by atoms with Crippen LogP contribution >= 0.6 is 0 Å². The molecule has 2 aliphatic rings. The van der Waals surface area contributed by atoms with Gasteiger partial charge >= 0.3 is 0 Å². The molecule has 0 heterocycles. The van der Waals surface area contributed by atoms with Gasteiger partial charge in [-0.05, 0) is 38.5 Å². The van der Waals surface area contributed by atoms with Crippen molar-refractivity contribution in [2.75, 3.05) is 0 Å². The Hall–Kier alpha value is -0.0800. The molecule has 0 bridgehead atoms. The Labute approximate surface area is 93.7 Å². The molecular formula is C13H25NO. The highest BCUT2D eigenvalue weighted by Crippen LogP contribution is 2.27. The average Bonchev–Trinajstić information content (AvgIpc) is 2.80. The lowest BCUT2D eigenvalue weighted by Gasteiger charge is -2.28. The molecule has 2 nitrogen and oxygen atoms in total. The Morgan fingerprint density at radius 3 is 2.20 bits per heavy atom. The molecule has 0 aromatic heterocycles. The molecule has 1 unspecified atom stereocenters. The Balaban J connectivity index is 1.64. The highest BCUT2D eigenvalue weighted by molar-refractivity contribution is 4.74. The van der Waals surface area contributed by atoms with E-state index in [1.165, 1.54) is 57.8 Å². The van der Waals surface area contributed by atoms with Crippen molar-refractivity contribution in [3.63, 3.8) is 0 Å². The van der Waals surface area contributed by atoms with Gasteiger partial charge in [-0.3, -0.25) is 4.84 Å². The van der Waals surface area contributed by atoms with Gasteiger partial charge in [0.1, 0.15) is 0 Å². The average molecular weight is 211 g/mol. The summed E-state index contributed by atoms with van der Waals surface area (Å²) < 4.78 is 0. The maximum atomic E-state index is 5.77. The van der Waals surface area contributed by atoms with E-state index in [-0.39, 0.29) is 0 Å². The van der Waals surface area contributed by atoms with E-state index in [0.29, 0.717) is 12.1 Å². The molecule has 0 aliphatic heterocycles.